The lowest BCUT2D eigenvalue weighted by Crippen LogP contribution is -2.21. The lowest BCUT2D eigenvalue weighted by atomic mass is 10.2. The van der Waals surface area contributed by atoms with Gasteiger partial charge in [0, 0.05) is 30.1 Å². The van der Waals surface area contributed by atoms with E-state index in [4.69, 9.17) is 5.11 Å². The predicted molar refractivity (Wildman–Crippen MR) is 87.9 cm³/mol. The molecule has 1 heterocycles. The largest absolute Gasteiger partial charge is 0.394 e. The second-order valence-corrected chi connectivity index (χ2v) is 5.95. The number of nitrogens with one attached hydrogen (secondary N) is 2. The summed E-state index contributed by atoms with van der Waals surface area (Å²) >= 11 is 0. The zero-order chi connectivity index (χ0) is 16.2. The fourth-order valence-electron chi connectivity index (χ4n) is 2.30. The van der Waals surface area contributed by atoms with Gasteiger partial charge < -0.3 is 15.7 Å². The molecule has 122 valence electrons. The fraction of sp³-hybridized carbons (Fsp3) is 0.412. The van der Waals surface area contributed by atoms with Gasteiger partial charge in [-0.2, -0.15) is 4.98 Å². The first-order chi connectivity index (χ1) is 11.2. The van der Waals surface area contributed by atoms with Crippen LogP contribution in [0.1, 0.15) is 36.9 Å². The van der Waals surface area contributed by atoms with Crippen LogP contribution < -0.4 is 10.6 Å². The Labute approximate surface area is 135 Å². The molecule has 3 rings (SSSR count). The minimum absolute atomic E-state index is 0.00893. The van der Waals surface area contributed by atoms with Crippen molar-refractivity contribution < 1.29 is 9.50 Å². The average Bonchev–Trinajstić information content (AvgIpc) is 3.39. The lowest BCUT2D eigenvalue weighted by Gasteiger charge is -2.14. The van der Waals surface area contributed by atoms with Gasteiger partial charge in [-0.25, -0.2) is 9.37 Å². The average molecular weight is 316 g/mol. The minimum atomic E-state index is -0.233. The van der Waals surface area contributed by atoms with Gasteiger partial charge in [0.2, 0.25) is 5.95 Å². The van der Waals surface area contributed by atoms with Gasteiger partial charge in [0.1, 0.15) is 11.6 Å². The highest BCUT2D eigenvalue weighted by atomic mass is 19.1. The quantitative estimate of drug-likeness (QED) is 0.733. The monoisotopic (exact) mass is 316 g/mol. The van der Waals surface area contributed by atoms with Gasteiger partial charge in [0.25, 0.3) is 0 Å². The van der Waals surface area contributed by atoms with Gasteiger partial charge in [-0.15, -0.1) is 0 Å². The maximum atomic E-state index is 13.7. The van der Waals surface area contributed by atoms with E-state index in [-0.39, 0.29) is 18.5 Å². The summed E-state index contributed by atoms with van der Waals surface area (Å²) in [5.74, 6) is 1.41. The molecular formula is C17H21FN4O. The molecule has 1 aliphatic carbocycles. The van der Waals surface area contributed by atoms with Crippen molar-refractivity contribution >= 4 is 11.8 Å². The van der Waals surface area contributed by atoms with Gasteiger partial charge in [-0.1, -0.05) is 18.2 Å². The molecule has 2 aromatic rings. The predicted octanol–water partition coefficient (Wildman–Crippen LogP) is 2.90. The van der Waals surface area contributed by atoms with E-state index >= 15 is 0 Å². The Hall–Kier alpha value is -2.21. The molecule has 0 radical (unpaired) electrons. The van der Waals surface area contributed by atoms with Crippen LogP contribution in [0.3, 0.4) is 0 Å². The SMILES string of the molecule is C[C@H](CO)Nc1nc(NCc2ccccc2F)cc(C2CC2)n1. The first-order valence-electron chi connectivity index (χ1n) is 7.89. The number of aliphatic hydroxyl groups excluding tert-OH is 1. The summed E-state index contributed by atoms with van der Waals surface area (Å²) in [6.45, 7) is 2.23. The fourth-order valence-corrected chi connectivity index (χ4v) is 2.30. The van der Waals surface area contributed by atoms with Crippen molar-refractivity contribution in [2.45, 2.75) is 38.3 Å². The van der Waals surface area contributed by atoms with Crippen molar-refractivity contribution in [1.29, 1.82) is 0 Å². The molecule has 1 saturated carbocycles. The van der Waals surface area contributed by atoms with Gasteiger partial charge in [0.15, 0.2) is 0 Å². The van der Waals surface area contributed by atoms with Crippen LogP contribution in [0.4, 0.5) is 16.2 Å². The van der Waals surface area contributed by atoms with E-state index in [1.54, 1.807) is 12.1 Å². The van der Waals surface area contributed by atoms with Crippen molar-refractivity contribution in [3.63, 3.8) is 0 Å². The number of nitrogens with zero attached hydrogens (tertiary/aromatic N) is 2. The van der Waals surface area contributed by atoms with Crippen LogP contribution in [0.2, 0.25) is 0 Å². The molecule has 1 aromatic carbocycles. The molecule has 3 N–H and O–H groups in total. The number of halogens is 1. The number of anilines is 2. The summed E-state index contributed by atoms with van der Waals surface area (Å²) in [6.07, 6.45) is 2.28. The molecule has 1 atom stereocenters. The topological polar surface area (TPSA) is 70.1 Å². The second kappa shape index (κ2) is 6.91. The number of rotatable bonds is 7. The maximum Gasteiger partial charge on any atom is 0.225 e. The maximum absolute atomic E-state index is 13.7. The van der Waals surface area contributed by atoms with Crippen LogP contribution in [0.5, 0.6) is 0 Å². The molecule has 0 amide bonds. The summed E-state index contributed by atoms with van der Waals surface area (Å²) in [6, 6.07) is 8.48. The van der Waals surface area contributed by atoms with E-state index < -0.39 is 0 Å². The summed E-state index contributed by atoms with van der Waals surface area (Å²) < 4.78 is 13.7. The van der Waals surface area contributed by atoms with E-state index in [1.807, 2.05) is 19.1 Å². The Balaban J connectivity index is 1.76. The second-order valence-electron chi connectivity index (χ2n) is 5.95. The summed E-state index contributed by atoms with van der Waals surface area (Å²) in [4.78, 5) is 8.92. The van der Waals surface area contributed by atoms with Crippen LogP contribution in [-0.2, 0) is 6.54 Å². The molecule has 5 nitrogen and oxygen atoms in total. The highest BCUT2D eigenvalue weighted by molar-refractivity contribution is 5.45. The van der Waals surface area contributed by atoms with Crippen molar-refractivity contribution in [1.82, 2.24) is 9.97 Å². The number of hydrogen-bond donors (Lipinski definition) is 3. The van der Waals surface area contributed by atoms with Gasteiger partial charge >= 0.3 is 0 Å². The summed E-state index contributed by atoms with van der Waals surface area (Å²) in [7, 11) is 0. The number of hydrogen-bond acceptors (Lipinski definition) is 5. The Morgan fingerprint density at radius 3 is 2.78 bits per heavy atom. The standard InChI is InChI=1S/C17H21FN4O/c1-11(10-23)20-17-21-15(12-6-7-12)8-16(22-17)19-9-13-4-2-3-5-14(13)18/h2-5,8,11-12,23H,6-7,9-10H2,1H3,(H2,19,20,21,22)/t11-/m1/s1. The van der Waals surface area contributed by atoms with Crippen LogP contribution in [0.15, 0.2) is 30.3 Å². The highest BCUT2D eigenvalue weighted by Gasteiger charge is 2.26. The van der Waals surface area contributed by atoms with Crippen LogP contribution >= 0.6 is 0 Å². The van der Waals surface area contributed by atoms with E-state index in [1.165, 1.54) is 6.07 Å². The molecule has 0 aliphatic heterocycles. The molecule has 0 unspecified atom stereocenters. The third-order valence-electron chi connectivity index (χ3n) is 3.81. The third kappa shape index (κ3) is 4.16. The molecule has 0 bridgehead atoms. The van der Waals surface area contributed by atoms with Crippen molar-refractivity contribution in [2.24, 2.45) is 0 Å². The molecule has 1 aliphatic rings. The van der Waals surface area contributed by atoms with E-state index in [0.29, 0.717) is 29.8 Å². The molecule has 1 aromatic heterocycles. The van der Waals surface area contributed by atoms with Crippen LogP contribution in [0.25, 0.3) is 0 Å². The van der Waals surface area contributed by atoms with Crippen LogP contribution in [0, 0.1) is 5.82 Å². The number of benzene rings is 1. The van der Waals surface area contributed by atoms with E-state index in [9.17, 15) is 4.39 Å². The zero-order valence-electron chi connectivity index (χ0n) is 13.1. The Morgan fingerprint density at radius 1 is 1.30 bits per heavy atom. The first-order valence-corrected chi connectivity index (χ1v) is 7.89. The van der Waals surface area contributed by atoms with E-state index in [2.05, 4.69) is 20.6 Å². The van der Waals surface area contributed by atoms with E-state index in [0.717, 1.165) is 18.5 Å². The van der Waals surface area contributed by atoms with Gasteiger partial charge in [0.05, 0.1) is 12.3 Å². The number of aromatic nitrogens is 2. The third-order valence-corrected chi connectivity index (χ3v) is 3.81. The molecule has 0 spiro atoms. The van der Waals surface area contributed by atoms with Gasteiger partial charge in [-0.05, 0) is 25.8 Å². The molecule has 23 heavy (non-hydrogen) atoms. The molecule has 1 fully saturated rings. The van der Waals surface area contributed by atoms with Gasteiger partial charge in [-0.3, -0.25) is 0 Å². The summed E-state index contributed by atoms with van der Waals surface area (Å²) in [5, 5.41) is 15.4. The Kier molecular flexibility index (Phi) is 4.71. The molecule has 0 saturated heterocycles. The Morgan fingerprint density at radius 2 is 2.09 bits per heavy atom. The van der Waals surface area contributed by atoms with Crippen molar-refractivity contribution in [3.05, 3.63) is 47.4 Å². The Bertz CT molecular complexity index is 675. The first kappa shape index (κ1) is 15.7. The summed E-state index contributed by atoms with van der Waals surface area (Å²) in [5.41, 5.74) is 1.58. The molecular weight excluding hydrogens is 295 g/mol. The van der Waals surface area contributed by atoms with Crippen LogP contribution in [-0.4, -0.2) is 27.7 Å². The van der Waals surface area contributed by atoms with Crippen molar-refractivity contribution in [2.75, 3.05) is 17.2 Å². The minimum Gasteiger partial charge on any atom is -0.394 e. The molecule has 6 heteroatoms. The highest BCUT2D eigenvalue weighted by Crippen LogP contribution is 2.39. The smallest absolute Gasteiger partial charge is 0.225 e. The number of aliphatic hydroxyl groups is 1. The normalized spacial score (nSPS) is 15.3. The zero-order valence-corrected chi connectivity index (χ0v) is 13.1. The lowest BCUT2D eigenvalue weighted by molar-refractivity contribution is 0.281. The van der Waals surface area contributed by atoms with Crippen molar-refractivity contribution in [3.8, 4) is 0 Å².